The van der Waals surface area contributed by atoms with Gasteiger partial charge in [-0.05, 0) is 37.3 Å². The van der Waals surface area contributed by atoms with Crippen LogP contribution in [-0.4, -0.2) is 40.3 Å². The standard InChI is InChI=1S/C16H21N3O2/c1-2-13-15(20)18-14(11-6-7-11)16(21)19(13)10-8-12-5-3-4-9-17-12/h3-5,9,11,13-14H,2,6-8,10H2,1H3,(H,18,20). The van der Waals surface area contributed by atoms with Crippen molar-refractivity contribution in [2.24, 2.45) is 5.92 Å². The Morgan fingerprint density at radius 3 is 2.76 bits per heavy atom. The maximum absolute atomic E-state index is 12.6. The van der Waals surface area contributed by atoms with Gasteiger partial charge in [-0.25, -0.2) is 0 Å². The third-order valence-corrected chi connectivity index (χ3v) is 4.34. The van der Waals surface area contributed by atoms with Gasteiger partial charge in [0.05, 0.1) is 0 Å². The van der Waals surface area contributed by atoms with Crippen molar-refractivity contribution in [3.63, 3.8) is 0 Å². The molecule has 0 radical (unpaired) electrons. The summed E-state index contributed by atoms with van der Waals surface area (Å²) in [4.78, 5) is 30.9. The number of aromatic nitrogens is 1. The molecule has 1 saturated heterocycles. The molecule has 2 heterocycles. The Balaban J connectivity index is 1.72. The summed E-state index contributed by atoms with van der Waals surface area (Å²) in [6.45, 7) is 2.51. The van der Waals surface area contributed by atoms with Gasteiger partial charge in [0.2, 0.25) is 11.8 Å². The largest absolute Gasteiger partial charge is 0.342 e. The Bertz CT molecular complexity index is 528. The lowest BCUT2D eigenvalue weighted by Crippen LogP contribution is -2.64. The fourth-order valence-electron chi connectivity index (χ4n) is 2.99. The molecular weight excluding hydrogens is 266 g/mol. The Hall–Kier alpha value is -1.91. The van der Waals surface area contributed by atoms with Crippen molar-refractivity contribution in [2.45, 2.75) is 44.7 Å². The number of amides is 2. The first-order valence-corrected chi connectivity index (χ1v) is 7.71. The van der Waals surface area contributed by atoms with Gasteiger partial charge in [-0.15, -0.1) is 0 Å². The molecule has 1 aromatic rings. The van der Waals surface area contributed by atoms with Gasteiger partial charge in [0.15, 0.2) is 0 Å². The molecule has 2 atom stereocenters. The predicted octanol–water partition coefficient (Wildman–Crippen LogP) is 1.14. The Kier molecular flexibility index (Phi) is 3.90. The van der Waals surface area contributed by atoms with Crippen LogP contribution in [0.2, 0.25) is 0 Å². The predicted molar refractivity (Wildman–Crippen MR) is 78.4 cm³/mol. The van der Waals surface area contributed by atoms with Crippen molar-refractivity contribution in [3.05, 3.63) is 30.1 Å². The van der Waals surface area contributed by atoms with E-state index in [1.54, 1.807) is 11.1 Å². The van der Waals surface area contributed by atoms with E-state index in [-0.39, 0.29) is 23.9 Å². The van der Waals surface area contributed by atoms with Gasteiger partial charge in [-0.3, -0.25) is 14.6 Å². The fraction of sp³-hybridized carbons (Fsp3) is 0.562. The van der Waals surface area contributed by atoms with E-state index < -0.39 is 0 Å². The third-order valence-electron chi connectivity index (χ3n) is 4.34. The summed E-state index contributed by atoms with van der Waals surface area (Å²) in [5.41, 5.74) is 0.953. The first-order chi connectivity index (χ1) is 10.2. The zero-order chi connectivity index (χ0) is 14.8. The monoisotopic (exact) mass is 287 g/mol. The van der Waals surface area contributed by atoms with Crippen LogP contribution in [0.1, 0.15) is 31.9 Å². The second-order valence-electron chi connectivity index (χ2n) is 5.85. The lowest BCUT2D eigenvalue weighted by Gasteiger charge is -2.38. The van der Waals surface area contributed by atoms with Crippen molar-refractivity contribution in [1.29, 1.82) is 0 Å². The van der Waals surface area contributed by atoms with Crippen molar-refractivity contribution >= 4 is 11.8 Å². The maximum Gasteiger partial charge on any atom is 0.246 e. The Morgan fingerprint density at radius 1 is 1.33 bits per heavy atom. The minimum Gasteiger partial charge on any atom is -0.342 e. The molecule has 1 saturated carbocycles. The van der Waals surface area contributed by atoms with E-state index in [9.17, 15) is 9.59 Å². The van der Waals surface area contributed by atoms with Crippen molar-refractivity contribution in [1.82, 2.24) is 15.2 Å². The van der Waals surface area contributed by atoms with E-state index in [1.165, 1.54) is 0 Å². The molecule has 112 valence electrons. The summed E-state index contributed by atoms with van der Waals surface area (Å²) >= 11 is 0. The SMILES string of the molecule is CCC1C(=O)NC(C2CC2)C(=O)N1CCc1ccccn1. The van der Waals surface area contributed by atoms with Crippen LogP contribution in [0.5, 0.6) is 0 Å². The highest BCUT2D eigenvalue weighted by Crippen LogP contribution is 2.35. The summed E-state index contributed by atoms with van der Waals surface area (Å²) in [7, 11) is 0. The van der Waals surface area contributed by atoms with Gasteiger partial charge in [0.25, 0.3) is 0 Å². The zero-order valence-electron chi connectivity index (χ0n) is 12.3. The molecule has 5 nitrogen and oxygen atoms in total. The van der Waals surface area contributed by atoms with Crippen LogP contribution in [0.25, 0.3) is 0 Å². The first-order valence-electron chi connectivity index (χ1n) is 7.71. The maximum atomic E-state index is 12.6. The van der Waals surface area contributed by atoms with E-state index in [4.69, 9.17) is 0 Å². The number of carbonyl (C=O) groups excluding carboxylic acids is 2. The topological polar surface area (TPSA) is 62.3 Å². The molecular formula is C16H21N3O2. The molecule has 0 spiro atoms. The number of pyridine rings is 1. The summed E-state index contributed by atoms with van der Waals surface area (Å²) in [5.74, 6) is 0.423. The van der Waals surface area contributed by atoms with Crippen LogP contribution in [0.4, 0.5) is 0 Å². The molecule has 21 heavy (non-hydrogen) atoms. The molecule has 1 aliphatic carbocycles. The molecule has 5 heteroatoms. The fourth-order valence-corrected chi connectivity index (χ4v) is 2.99. The van der Waals surface area contributed by atoms with Gasteiger partial charge in [-0.2, -0.15) is 0 Å². The molecule has 1 N–H and O–H groups in total. The van der Waals surface area contributed by atoms with Crippen LogP contribution in [0.15, 0.2) is 24.4 Å². The molecule has 0 aromatic carbocycles. The summed E-state index contributed by atoms with van der Waals surface area (Å²) in [5, 5.41) is 2.91. The van der Waals surface area contributed by atoms with Gasteiger partial charge in [-0.1, -0.05) is 13.0 Å². The number of rotatable bonds is 5. The molecule has 1 aliphatic heterocycles. The number of nitrogens with one attached hydrogen (secondary N) is 1. The van der Waals surface area contributed by atoms with E-state index in [0.29, 0.717) is 25.3 Å². The van der Waals surface area contributed by atoms with Crippen LogP contribution >= 0.6 is 0 Å². The molecule has 0 bridgehead atoms. The highest BCUT2D eigenvalue weighted by Gasteiger charge is 2.46. The van der Waals surface area contributed by atoms with Gasteiger partial charge in [0, 0.05) is 24.9 Å². The van der Waals surface area contributed by atoms with E-state index in [0.717, 1.165) is 18.5 Å². The average Bonchev–Trinajstić information content (AvgIpc) is 3.33. The smallest absolute Gasteiger partial charge is 0.246 e. The normalized spacial score (nSPS) is 25.9. The minimum absolute atomic E-state index is 0.00461. The van der Waals surface area contributed by atoms with E-state index in [1.807, 2.05) is 25.1 Å². The molecule has 2 fully saturated rings. The number of carbonyl (C=O) groups is 2. The molecule has 2 unspecified atom stereocenters. The minimum atomic E-state index is -0.337. The number of hydrogen-bond acceptors (Lipinski definition) is 3. The quantitative estimate of drug-likeness (QED) is 0.883. The van der Waals surface area contributed by atoms with Gasteiger partial charge < -0.3 is 10.2 Å². The Morgan fingerprint density at radius 2 is 2.14 bits per heavy atom. The lowest BCUT2D eigenvalue weighted by molar-refractivity contribution is -0.150. The summed E-state index contributed by atoms with van der Waals surface area (Å²) in [6, 6.07) is 5.13. The summed E-state index contributed by atoms with van der Waals surface area (Å²) in [6.07, 6.45) is 5.18. The second-order valence-corrected chi connectivity index (χ2v) is 5.85. The van der Waals surface area contributed by atoms with Crippen molar-refractivity contribution < 1.29 is 9.59 Å². The molecule has 1 aromatic heterocycles. The van der Waals surface area contributed by atoms with Crippen LogP contribution < -0.4 is 5.32 Å². The first kappa shape index (κ1) is 14.0. The average molecular weight is 287 g/mol. The third kappa shape index (κ3) is 2.91. The second kappa shape index (κ2) is 5.84. The highest BCUT2D eigenvalue weighted by molar-refractivity contribution is 5.97. The Labute approximate surface area is 124 Å². The number of hydrogen-bond donors (Lipinski definition) is 1. The van der Waals surface area contributed by atoms with E-state index >= 15 is 0 Å². The highest BCUT2D eigenvalue weighted by atomic mass is 16.2. The number of piperazine rings is 1. The van der Waals surface area contributed by atoms with Gasteiger partial charge >= 0.3 is 0 Å². The number of nitrogens with zero attached hydrogens (tertiary/aromatic N) is 2. The van der Waals surface area contributed by atoms with Crippen molar-refractivity contribution in [2.75, 3.05) is 6.54 Å². The lowest BCUT2D eigenvalue weighted by atomic mass is 10.0. The molecule has 2 amide bonds. The van der Waals surface area contributed by atoms with Crippen LogP contribution in [0.3, 0.4) is 0 Å². The molecule has 3 rings (SSSR count). The van der Waals surface area contributed by atoms with Crippen molar-refractivity contribution in [3.8, 4) is 0 Å². The van der Waals surface area contributed by atoms with Crippen LogP contribution in [0, 0.1) is 5.92 Å². The van der Waals surface area contributed by atoms with Crippen LogP contribution in [-0.2, 0) is 16.0 Å². The van der Waals surface area contributed by atoms with Gasteiger partial charge in [0.1, 0.15) is 12.1 Å². The van der Waals surface area contributed by atoms with E-state index in [2.05, 4.69) is 10.3 Å². The molecule has 2 aliphatic rings. The summed E-state index contributed by atoms with van der Waals surface area (Å²) < 4.78 is 0. The zero-order valence-corrected chi connectivity index (χ0v) is 12.3.